The zero-order valence-corrected chi connectivity index (χ0v) is 12.7. The van der Waals surface area contributed by atoms with Crippen LogP contribution >= 0.6 is 24.2 Å². The van der Waals surface area contributed by atoms with Crippen molar-refractivity contribution in [2.45, 2.75) is 39.7 Å². The fourth-order valence-corrected chi connectivity index (χ4v) is 2.73. The van der Waals surface area contributed by atoms with Crippen LogP contribution in [0.3, 0.4) is 0 Å². The van der Waals surface area contributed by atoms with Gasteiger partial charge in [0.1, 0.15) is 0 Å². The van der Waals surface area contributed by atoms with Gasteiger partial charge in [-0.1, -0.05) is 20.8 Å². The topological polar surface area (TPSA) is 41.1 Å². The van der Waals surface area contributed by atoms with Crippen molar-refractivity contribution >= 4 is 30.1 Å². The molecule has 0 bridgehead atoms. The van der Waals surface area contributed by atoms with Crippen LogP contribution in [0.15, 0.2) is 0 Å². The van der Waals surface area contributed by atoms with Crippen molar-refractivity contribution in [1.82, 2.24) is 10.6 Å². The third-order valence-corrected chi connectivity index (χ3v) is 3.79. The van der Waals surface area contributed by atoms with Gasteiger partial charge in [0.25, 0.3) is 0 Å². The van der Waals surface area contributed by atoms with E-state index >= 15 is 0 Å². The van der Waals surface area contributed by atoms with Gasteiger partial charge in [-0.25, -0.2) is 0 Å². The number of carbonyl (C=O) groups is 1. The van der Waals surface area contributed by atoms with Crippen molar-refractivity contribution in [3.63, 3.8) is 0 Å². The highest BCUT2D eigenvalue weighted by Crippen LogP contribution is 2.16. The SMILES string of the molecule is CC(C)(C)C(=O)NCCNC1CCSCC1.Cl. The number of nitrogens with one attached hydrogen (secondary N) is 2. The van der Waals surface area contributed by atoms with E-state index in [0.29, 0.717) is 6.04 Å². The lowest BCUT2D eigenvalue weighted by atomic mass is 9.96. The van der Waals surface area contributed by atoms with Crippen molar-refractivity contribution in [3.05, 3.63) is 0 Å². The molecule has 2 N–H and O–H groups in total. The second kappa shape index (κ2) is 8.22. The molecule has 0 aliphatic carbocycles. The predicted molar refractivity (Wildman–Crippen MR) is 78.1 cm³/mol. The first-order valence-corrected chi connectivity index (χ1v) is 7.25. The number of thioether (sulfide) groups is 1. The lowest BCUT2D eigenvalue weighted by molar-refractivity contribution is -0.128. The molecule has 17 heavy (non-hydrogen) atoms. The molecule has 0 radical (unpaired) electrons. The van der Waals surface area contributed by atoms with Crippen molar-refractivity contribution in [1.29, 1.82) is 0 Å². The van der Waals surface area contributed by atoms with E-state index in [0.717, 1.165) is 13.1 Å². The van der Waals surface area contributed by atoms with Crippen molar-refractivity contribution in [2.75, 3.05) is 24.6 Å². The summed E-state index contributed by atoms with van der Waals surface area (Å²) in [6, 6.07) is 0.660. The lowest BCUT2D eigenvalue weighted by Crippen LogP contribution is -2.41. The van der Waals surface area contributed by atoms with Crippen molar-refractivity contribution in [3.8, 4) is 0 Å². The summed E-state index contributed by atoms with van der Waals surface area (Å²) in [7, 11) is 0. The molecule has 0 saturated carbocycles. The molecule has 0 aromatic carbocycles. The molecule has 1 rings (SSSR count). The number of halogens is 1. The molecule has 1 amide bonds. The van der Waals surface area contributed by atoms with Crippen LogP contribution in [0, 0.1) is 5.41 Å². The summed E-state index contributed by atoms with van der Waals surface area (Å²) in [6.07, 6.45) is 2.52. The van der Waals surface area contributed by atoms with Gasteiger partial charge in [-0.05, 0) is 24.3 Å². The van der Waals surface area contributed by atoms with Crippen LogP contribution < -0.4 is 10.6 Å². The minimum Gasteiger partial charge on any atom is -0.354 e. The first-order valence-electron chi connectivity index (χ1n) is 6.09. The third-order valence-electron chi connectivity index (χ3n) is 2.75. The maximum absolute atomic E-state index is 11.6. The van der Waals surface area contributed by atoms with Crippen LogP contribution in [0.2, 0.25) is 0 Å². The van der Waals surface area contributed by atoms with E-state index in [2.05, 4.69) is 10.6 Å². The van der Waals surface area contributed by atoms with Crippen molar-refractivity contribution in [2.24, 2.45) is 5.41 Å². The van der Waals surface area contributed by atoms with Gasteiger partial charge in [0.15, 0.2) is 0 Å². The fourth-order valence-electron chi connectivity index (χ4n) is 1.62. The number of hydrogen-bond donors (Lipinski definition) is 2. The Morgan fingerprint density at radius 1 is 1.24 bits per heavy atom. The zero-order chi connectivity index (χ0) is 12.0. The van der Waals surface area contributed by atoms with E-state index in [9.17, 15) is 4.79 Å². The van der Waals surface area contributed by atoms with E-state index in [-0.39, 0.29) is 23.7 Å². The van der Waals surface area contributed by atoms with Gasteiger partial charge in [-0.3, -0.25) is 4.79 Å². The molecule has 5 heteroatoms. The van der Waals surface area contributed by atoms with E-state index in [1.54, 1.807) is 0 Å². The highest BCUT2D eigenvalue weighted by atomic mass is 35.5. The van der Waals surface area contributed by atoms with Gasteiger partial charge < -0.3 is 10.6 Å². The van der Waals surface area contributed by atoms with Gasteiger partial charge in [-0.2, -0.15) is 11.8 Å². The predicted octanol–water partition coefficient (Wildman–Crippen LogP) is 2.06. The Balaban J connectivity index is 0.00000256. The molecule has 1 saturated heterocycles. The van der Waals surface area contributed by atoms with E-state index < -0.39 is 0 Å². The molecule has 1 fully saturated rings. The number of amides is 1. The number of hydrogen-bond acceptors (Lipinski definition) is 3. The van der Waals surface area contributed by atoms with Crippen LogP contribution in [0.5, 0.6) is 0 Å². The average Bonchev–Trinajstić information content (AvgIpc) is 2.24. The smallest absolute Gasteiger partial charge is 0.225 e. The molecule has 1 aliphatic rings. The summed E-state index contributed by atoms with van der Waals surface area (Å²) in [5.41, 5.74) is -0.276. The first-order chi connectivity index (χ1) is 7.50. The van der Waals surface area contributed by atoms with Gasteiger partial charge in [-0.15, -0.1) is 12.4 Å². The van der Waals surface area contributed by atoms with Gasteiger partial charge in [0, 0.05) is 24.5 Å². The maximum Gasteiger partial charge on any atom is 0.225 e. The zero-order valence-electron chi connectivity index (χ0n) is 11.0. The molecule has 102 valence electrons. The van der Waals surface area contributed by atoms with Crippen LogP contribution in [0.25, 0.3) is 0 Å². The molecule has 3 nitrogen and oxygen atoms in total. The largest absolute Gasteiger partial charge is 0.354 e. The number of carbonyl (C=O) groups excluding carboxylic acids is 1. The second-order valence-corrected chi connectivity index (χ2v) is 6.57. The molecule has 1 aliphatic heterocycles. The van der Waals surface area contributed by atoms with Gasteiger partial charge in [0.05, 0.1) is 0 Å². The molecule has 0 unspecified atom stereocenters. The maximum atomic E-state index is 11.6. The molecule has 0 spiro atoms. The van der Waals surface area contributed by atoms with Crippen molar-refractivity contribution < 1.29 is 4.79 Å². The Morgan fingerprint density at radius 3 is 2.35 bits per heavy atom. The Labute approximate surface area is 115 Å². The Kier molecular flexibility index (Phi) is 8.25. The van der Waals surface area contributed by atoms with Gasteiger partial charge in [0.2, 0.25) is 5.91 Å². The fraction of sp³-hybridized carbons (Fsp3) is 0.917. The molecular formula is C12H25ClN2OS. The highest BCUT2D eigenvalue weighted by Gasteiger charge is 2.20. The van der Waals surface area contributed by atoms with Crippen LogP contribution in [0.1, 0.15) is 33.6 Å². The molecule has 0 atom stereocenters. The minimum atomic E-state index is -0.276. The quantitative estimate of drug-likeness (QED) is 0.775. The summed E-state index contributed by atoms with van der Waals surface area (Å²) in [6.45, 7) is 7.44. The average molecular weight is 281 g/mol. The highest BCUT2D eigenvalue weighted by molar-refractivity contribution is 7.99. The van der Waals surface area contributed by atoms with Crippen LogP contribution in [0.4, 0.5) is 0 Å². The molecular weight excluding hydrogens is 256 g/mol. The summed E-state index contributed by atoms with van der Waals surface area (Å²) in [5.74, 6) is 2.67. The van der Waals surface area contributed by atoms with E-state index in [4.69, 9.17) is 0 Å². The first kappa shape index (κ1) is 17.1. The molecule has 0 aromatic heterocycles. The lowest BCUT2D eigenvalue weighted by Gasteiger charge is -2.23. The van der Waals surface area contributed by atoms with E-state index in [1.807, 2.05) is 32.5 Å². The summed E-state index contributed by atoms with van der Waals surface area (Å²) < 4.78 is 0. The Hall–Kier alpha value is 0.0700. The van der Waals surface area contributed by atoms with Crippen LogP contribution in [-0.2, 0) is 4.79 Å². The standard InChI is InChI=1S/C12H24N2OS.ClH/c1-12(2,3)11(15)14-7-6-13-10-4-8-16-9-5-10;/h10,13H,4-9H2,1-3H3,(H,14,15);1H. The number of rotatable bonds is 4. The Morgan fingerprint density at radius 2 is 1.82 bits per heavy atom. The third kappa shape index (κ3) is 7.17. The van der Waals surface area contributed by atoms with E-state index in [1.165, 1.54) is 24.3 Å². The van der Waals surface area contributed by atoms with Gasteiger partial charge >= 0.3 is 0 Å². The monoisotopic (exact) mass is 280 g/mol. The molecule has 1 heterocycles. The summed E-state index contributed by atoms with van der Waals surface area (Å²) >= 11 is 2.04. The Bertz CT molecular complexity index is 225. The summed E-state index contributed by atoms with van der Waals surface area (Å²) in [4.78, 5) is 11.6. The van der Waals surface area contributed by atoms with Crippen LogP contribution in [-0.4, -0.2) is 36.5 Å². The summed E-state index contributed by atoms with van der Waals surface area (Å²) in [5, 5.41) is 6.46. The normalized spacial score (nSPS) is 17.4. The molecule has 0 aromatic rings. The second-order valence-electron chi connectivity index (χ2n) is 5.35. The minimum absolute atomic E-state index is 0.